The van der Waals surface area contributed by atoms with Gasteiger partial charge in [0, 0.05) is 6.54 Å². The van der Waals surface area contributed by atoms with Gasteiger partial charge in [0.1, 0.15) is 0 Å². The van der Waals surface area contributed by atoms with E-state index in [9.17, 15) is 4.79 Å². The summed E-state index contributed by atoms with van der Waals surface area (Å²) in [6.07, 6.45) is 3.40. The van der Waals surface area contributed by atoms with E-state index in [2.05, 4.69) is 0 Å². The number of amides is 1. The Bertz CT molecular complexity index is 625. The van der Waals surface area contributed by atoms with Crippen molar-refractivity contribution in [1.29, 1.82) is 0 Å². The van der Waals surface area contributed by atoms with Crippen LogP contribution in [0.3, 0.4) is 0 Å². The third-order valence-corrected chi connectivity index (χ3v) is 4.31. The van der Waals surface area contributed by atoms with Crippen molar-refractivity contribution in [2.75, 3.05) is 6.54 Å². The molecule has 0 spiro atoms. The van der Waals surface area contributed by atoms with Gasteiger partial charge >= 0.3 is 0 Å². The lowest BCUT2D eigenvalue weighted by atomic mass is 10.0. The second-order valence-electron chi connectivity index (χ2n) is 4.81. The number of carbonyl (C=O) groups excluding carboxylic acids is 1. The monoisotopic (exact) mass is 309 g/mol. The SMILES string of the molecule is O=C(c1ccco1)N1CCCC1c1ccc(Cl)c(Cl)c1. The Morgan fingerprint density at radius 1 is 1.25 bits per heavy atom. The Morgan fingerprint density at radius 3 is 2.80 bits per heavy atom. The lowest BCUT2D eigenvalue weighted by molar-refractivity contribution is 0.0703. The van der Waals surface area contributed by atoms with E-state index in [1.807, 2.05) is 17.0 Å². The normalized spacial score (nSPS) is 18.5. The van der Waals surface area contributed by atoms with Crippen LogP contribution in [0.4, 0.5) is 0 Å². The number of hydrogen-bond acceptors (Lipinski definition) is 2. The number of benzene rings is 1. The summed E-state index contributed by atoms with van der Waals surface area (Å²) in [5.74, 6) is 0.292. The van der Waals surface area contributed by atoms with E-state index in [-0.39, 0.29) is 11.9 Å². The van der Waals surface area contributed by atoms with Gasteiger partial charge in [-0.15, -0.1) is 0 Å². The highest BCUT2D eigenvalue weighted by molar-refractivity contribution is 6.42. The first-order valence-electron chi connectivity index (χ1n) is 6.46. The number of rotatable bonds is 2. The van der Waals surface area contributed by atoms with Gasteiger partial charge in [-0.25, -0.2) is 0 Å². The first kappa shape index (κ1) is 13.5. The van der Waals surface area contributed by atoms with E-state index in [1.54, 1.807) is 18.2 Å². The van der Waals surface area contributed by atoms with E-state index in [4.69, 9.17) is 27.6 Å². The molecule has 1 aromatic carbocycles. The first-order valence-corrected chi connectivity index (χ1v) is 7.22. The first-order chi connectivity index (χ1) is 9.66. The molecule has 3 rings (SSSR count). The zero-order valence-corrected chi connectivity index (χ0v) is 12.2. The predicted octanol–water partition coefficient (Wildman–Crippen LogP) is 4.56. The minimum absolute atomic E-state index is 0.0300. The minimum atomic E-state index is -0.0800. The Hall–Kier alpha value is -1.45. The second kappa shape index (κ2) is 5.51. The highest BCUT2D eigenvalue weighted by Crippen LogP contribution is 2.35. The van der Waals surface area contributed by atoms with Crippen molar-refractivity contribution < 1.29 is 9.21 Å². The molecule has 1 atom stereocenters. The van der Waals surface area contributed by atoms with Crippen LogP contribution in [0.1, 0.15) is 35.0 Å². The van der Waals surface area contributed by atoms with Gasteiger partial charge in [-0.2, -0.15) is 0 Å². The quantitative estimate of drug-likeness (QED) is 0.814. The number of carbonyl (C=O) groups is 1. The van der Waals surface area contributed by atoms with Crippen LogP contribution in [0, 0.1) is 0 Å². The number of furan rings is 1. The van der Waals surface area contributed by atoms with E-state index in [0.717, 1.165) is 24.9 Å². The molecular weight excluding hydrogens is 297 g/mol. The van der Waals surface area contributed by atoms with Gasteiger partial charge < -0.3 is 9.32 Å². The van der Waals surface area contributed by atoms with Crippen molar-refractivity contribution in [3.63, 3.8) is 0 Å². The zero-order valence-electron chi connectivity index (χ0n) is 10.7. The Labute approximate surface area is 127 Å². The molecule has 1 aliphatic rings. The molecule has 1 amide bonds. The lowest BCUT2D eigenvalue weighted by Gasteiger charge is -2.24. The van der Waals surface area contributed by atoms with Gasteiger partial charge in [-0.1, -0.05) is 29.3 Å². The molecular formula is C15H13Cl2NO2. The number of hydrogen-bond donors (Lipinski definition) is 0. The summed E-state index contributed by atoms with van der Waals surface area (Å²) in [6, 6.07) is 8.97. The molecule has 0 radical (unpaired) electrons. The van der Waals surface area contributed by atoms with Crippen LogP contribution in [0.15, 0.2) is 41.0 Å². The molecule has 0 aliphatic carbocycles. The van der Waals surface area contributed by atoms with Crippen molar-refractivity contribution in [2.24, 2.45) is 0 Å². The van der Waals surface area contributed by atoms with Gasteiger partial charge in [0.25, 0.3) is 5.91 Å². The molecule has 5 heteroatoms. The zero-order chi connectivity index (χ0) is 14.1. The van der Waals surface area contributed by atoms with Crippen LogP contribution in [0.25, 0.3) is 0 Å². The standard InChI is InChI=1S/C15H13Cl2NO2/c16-11-6-5-10(9-12(11)17)13-3-1-7-18(13)15(19)14-4-2-8-20-14/h2,4-6,8-9,13H,1,3,7H2. The average molecular weight is 310 g/mol. The highest BCUT2D eigenvalue weighted by atomic mass is 35.5. The third kappa shape index (κ3) is 2.43. The van der Waals surface area contributed by atoms with Gasteiger partial charge in [0.2, 0.25) is 0 Å². The largest absolute Gasteiger partial charge is 0.459 e. The maximum absolute atomic E-state index is 12.4. The van der Waals surface area contributed by atoms with Crippen molar-refractivity contribution in [1.82, 2.24) is 4.90 Å². The Balaban J connectivity index is 1.88. The van der Waals surface area contributed by atoms with Crippen LogP contribution in [-0.4, -0.2) is 17.4 Å². The number of nitrogens with zero attached hydrogens (tertiary/aromatic N) is 1. The average Bonchev–Trinajstić information content (AvgIpc) is 3.11. The maximum Gasteiger partial charge on any atom is 0.290 e. The fraction of sp³-hybridized carbons (Fsp3) is 0.267. The van der Waals surface area contributed by atoms with Crippen molar-refractivity contribution in [3.8, 4) is 0 Å². The summed E-state index contributed by atoms with van der Waals surface area (Å²) < 4.78 is 5.20. The van der Waals surface area contributed by atoms with E-state index < -0.39 is 0 Å². The molecule has 1 saturated heterocycles. The lowest BCUT2D eigenvalue weighted by Crippen LogP contribution is -2.30. The number of halogens is 2. The van der Waals surface area contributed by atoms with Crippen molar-refractivity contribution in [3.05, 3.63) is 58.0 Å². The molecule has 2 heterocycles. The van der Waals surface area contributed by atoms with Crippen LogP contribution < -0.4 is 0 Å². The number of likely N-dealkylation sites (tertiary alicyclic amines) is 1. The molecule has 1 fully saturated rings. The van der Waals surface area contributed by atoms with Gasteiger partial charge in [-0.3, -0.25) is 4.79 Å². The second-order valence-corrected chi connectivity index (χ2v) is 5.62. The Kier molecular flexibility index (Phi) is 3.72. The van der Waals surface area contributed by atoms with Gasteiger partial charge in [0.05, 0.1) is 22.4 Å². The van der Waals surface area contributed by atoms with E-state index in [0.29, 0.717) is 15.8 Å². The van der Waals surface area contributed by atoms with E-state index >= 15 is 0 Å². The highest BCUT2D eigenvalue weighted by Gasteiger charge is 2.31. The summed E-state index contributed by atoms with van der Waals surface area (Å²) >= 11 is 12.0. The summed E-state index contributed by atoms with van der Waals surface area (Å²) in [5, 5.41) is 1.04. The molecule has 0 bridgehead atoms. The minimum Gasteiger partial charge on any atom is -0.459 e. The molecule has 20 heavy (non-hydrogen) atoms. The molecule has 0 N–H and O–H groups in total. The molecule has 3 nitrogen and oxygen atoms in total. The maximum atomic E-state index is 12.4. The predicted molar refractivity (Wildman–Crippen MR) is 78.2 cm³/mol. The fourth-order valence-corrected chi connectivity index (χ4v) is 2.92. The van der Waals surface area contributed by atoms with Crippen molar-refractivity contribution in [2.45, 2.75) is 18.9 Å². The van der Waals surface area contributed by atoms with Crippen LogP contribution in [0.2, 0.25) is 10.0 Å². The molecule has 1 unspecified atom stereocenters. The molecule has 2 aromatic rings. The van der Waals surface area contributed by atoms with E-state index in [1.165, 1.54) is 6.26 Å². The van der Waals surface area contributed by atoms with Crippen LogP contribution in [0.5, 0.6) is 0 Å². The van der Waals surface area contributed by atoms with Crippen molar-refractivity contribution >= 4 is 29.1 Å². The van der Waals surface area contributed by atoms with Crippen LogP contribution in [-0.2, 0) is 0 Å². The smallest absolute Gasteiger partial charge is 0.290 e. The fourth-order valence-electron chi connectivity index (χ4n) is 2.62. The summed E-state index contributed by atoms with van der Waals surface area (Å²) in [4.78, 5) is 14.2. The summed E-state index contributed by atoms with van der Waals surface area (Å²) in [5.41, 5.74) is 1.01. The summed E-state index contributed by atoms with van der Waals surface area (Å²) in [7, 11) is 0. The van der Waals surface area contributed by atoms with Gasteiger partial charge in [-0.05, 0) is 42.7 Å². The third-order valence-electron chi connectivity index (χ3n) is 3.57. The Morgan fingerprint density at radius 2 is 2.10 bits per heavy atom. The molecule has 104 valence electrons. The molecule has 1 aromatic heterocycles. The van der Waals surface area contributed by atoms with Crippen LogP contribution >= 0.6 is 23.2 Å². The van der Waals surface area contributed by atoms with Gasteiger partial charge in [0.15, 0.2) is 5.76 Å². The molecule has 1 aliphatic heterocycles. The summed E-state index contributed by atoms with van der Waals surface area (Å²) in [6.45, 7) is 0.727. The topological polar surface area (TPSA) is 33.5 Å². The molecule has 0 saturated carbocycles.